The first-order valence-corrected chi connectivity index (χ1v) is 10.6. The number of hydrogen-bond donors (Lipinski definition) is 3. The van der Waals surface area contributed by atoms with Crippen LogP contribution in [0.25, 0.3) is 0 Å². The molecule has 2 saturated heterocycles. The summed E-state index contributed by atoms with van der Waals surface area (Å²) in [5.74, 6) is 1.60. The largest absolute Gasteiger partial charge is 0.355 e. The quantitative estimate of drug-likeness (QED) is 0.722. The van der Waals surface area contributed by atoms with Crippen molar-refractivity contribution in [2.45, 2.75) is 38.6 Å². The number of carbonyl (C=O) groups is 1. The first-order chi connectivity index (χ1) is 14.2. The summed E-state index contributed by atoms with van der Waals surface area (Å²) in [7, 11) is 0. The van der Waals surface area contributed by atoms with Crippen molar-refractivity contribution in [1.82, 2.24) is 25.7 Å². The fraction of sp³-hybridized carbons (Fsp3) is 0.500. The Bertz CT molecular complexity index is 831. The van der Waals surface area contributed by atoms with Gasteiger partial charge in [-0.05, 0) is 38.2 Å². The molecule has 154 valence electrons. The molecule has 3 heterocycles. The van der Waals surface area contributed by atoms with Crippen molar-refractivity contribution < 1.29 is 4.79 Å². The molecular weight excluding hydrogens is 364 g/mol. The summed E-state index contributed by atoms with van der Waals surface area (Å²) in [4.78, 5) is 23.2. The number of hydrazine groups is 1. The molecule has 3 N–H and O–H groups in total. The maximum absolute atomic E-state index is 12.8. The third kappa shape index (κ3) is 4.41. The van der Waals surface area contributed by atoms with E-state index in [0.717, 1.165) is 39.0 Å². The molecule has 1 amide bonds. The van der Waals surface area contributed by atoms with Gasteiger partial charge in [-0.15, -0.1) is 0 Å². The van der Waals surface area contributed by atoms with Gasteiger partial charge in [0.2, 0.25) is 5.95 Å². The molecule has 0 spiro atoms. The van der Waals surface area contributed by atoms with E-state index in [1.165, 1.54) is 11.1 Å². The highest BCUT2D eigenvalue weighted by Gasteiger charge is 2.37. The molecule has 2 unspecified atom stereocenters. The first-order valence-electron chi connectivity index (χ1n) is 10.6. The van der Waals surface area contributed by atoms with Gasteiger partial charge in [-0.3, -0.25) is 15.6 Å². The number of hydrogen-bond acceptors (Lipinski definition) is 6. The third-order valence-corrected chi connectivity index (χ3v) is 6.06. The summed E-state index contributed by atoms with van der Waals surface area (Å²) in [5, 5.41) is 3.05. The summed E-state index contributed by atoms with van der Waals surface area (Å²) in [6.07, 6.45) is 5.25. The average molecular weight is 395 g/mol. The van der Waals surface area contributed by atoms with Crippen molar-refractivity contribution in [1.29, 1.82) is 0 Å². The van der Waals surface area contributed by atoms with Crippen LogP contribution in [0.1, 0.15) is 47.2 Å². The van der Waals surface area contributed by atoms with Gasteiger partial charge >= 0.3 is 0 Å². The lowest BCUT2D eigenvalue weighted by Crippen LogP contribution is -2.45. The highest BCUT2D eigenvalue weighted by atomic mass is 16.2. The molecule has 2 aliphatic heterocycles. The average Bonchev–Trinajstić information content (AvgIpc) is 3.24. The van der Waals surface area contributed by atoms with Gasteiger partial charge in [0.15, 0.2) is 0 Å². The Labute approximate surface area is 172 Å². The topological polar surface area (TPSA) is 82.2 Å². The minimum Gasteiger partial charge on any atom is -0.355 e. The molecule has 2 atom stereocenters. The number of likely N-dealkylation sites (tertiary alicyclic amines) is 1. The highest BCUT2D eigenvalue weighted by molar-refractivity contribution is 5.93. The molecule has 2 aromatic rings. The predicted molar refractivity (Wildman–Crippen MR) is 114 cm³/mol. The van der Waals surface area contributed by atoms with E-state index in [0.29, 0.717) is 29.4 Å². The number of aromatic nitrogens is 2. The number of amides is 1. The van der Waals surface area contributed by atoms with Gasteiger partial charge in [-0.1, -0.05) is 29.8 Å². The van der Waals surface area contributed by atoms with Crippen molar-refractivity contribution in [3.05, 3.63) is 53.3 Å². The van der Waals surface area contributed by atoms with Gasteiger partial charge in [0, 0.05) is 50.5 Å². The maximum atomic E-state index is 12.8. The zero-order valence-electron chi connectivity index (χ0n) is 17.2. The van der Waals surface area contributed by atoms with E-state index >= 15 is 0 Å². The van der Waals surface area contributed by atoms with Crippen LogP contribution in [0.5, 0.6) is 0 Å². The van der Waals surface area contributed by atoms with E-state index < -0.39 is 0 Å². The standard InChI is InChI=1S/C22H30N6O/c1-3-23-22-24-12-18(13-25-22)21(29)28-9-7-16(8-10-28)20-19(14-26-27-20)17-6-4-5-15(2)11-17/h4-6,11-13,16,19-20,26-27H,3,7-10,14H2,1-2H3,(H,23,24,25). The van der Waals surface area contributed by atoms with E-state index in [1.54, 1.807) is 12.4 Å². The summed E-state index contributed by atoms with van der Waals surface area (Å²) in [6.45, 7) is 7.39. The number of rotatable bonds is 5. The molecule has 0 radical (unpaired) electrons. The monoisotopic (exact) mass is 394 g/mol. The van der Waals surface area contributed by atoms with Crippen LogP contribution in [0, 0.1) is 12.8 Å². The number of anilines is 1. The zero-order valence-corrected chi connectivity index (χ0v) is 17.2. The van der Waals surface area contributed by atoms with Crippen LogP contribution < -0.4 is 16.2 Å². The Morgan fingerprint density at radius 3 is 2.69 bits per heavy atom. The molecule has 7 heteroatoms. The van der Waals surface area contributed by atoms with E-state index in [-0.39, 0.29) is 5.91 Å². The SMILES string of the molecule is CCNc1ncc(C(=O)N2CCC(C3NNCC3c3cccc(C)c3)CC2)cn1. The second-order valence-electron chi connectivity index (χ2n) is 8.03. The molecule has 0 bridgehead atoms. The second kappa shape index (κ2) is 8.88. The van der Waals surface area contributed by atoms with Crippen LogP contribution in [-0.4, -0.2) is 53.0 Å². The van der Waals surface area contributed by atoms with Crippen molar-refractivity contribution in [3.63, 3.8) is 0 Å². The van der Waals surface area contributed by atoms with Crippen molar-refractivity contribution in [3.8, 4) is 0 Å². The Morgan fingerprint density at radius 1 is 1.24 bits per heavy atom. The summed E-state index contributed by atoms with van der Waals surface area (Å²) in [5.41, 5.74) is 10.1. The van der Waals surface area contributed by atoms with Gasteiger partial charge < -0.3 is 10.2 Å². The van der Waals surface area contributed by atoms with Crippen LogP contribution in [-0.2, 0) is 0 Å². The minimum absolute atomic E-state index is 0.0271. The molecular formula is C22H30N6O. The van der Waals surface area contributed by atoms with Crippen molar-refractivity contribution >= 4 is 11.9 Å². The van der Waals surface area contributed by atoms with E-state index in [9.17, 15) is 4.79 Å². The molecule has 0 saturated carbocycles. The van der Waals surface area contributed by atoms with Gasteiger partial charge in [0.05, 0.1) is 5.56 Å². The molecule has 2 aliphatic rings. The Hall–Kier alpha value is -2.51. The van der Waals surface area contributed by atoms with Crippen LogP contribution in [0.2, 0.25) is 0 Å². The summed E-state index contributed by atoms with van der Waals surface area (Å²) >= 11 is 0. The molecule has 4 rings (SSSR count). The van der Waals surface area contributed by atoms with Gasteiger partial charge in [0.25, 0.3) is 5.91 Å². The molecule has 2 fully saturated rings. The zero-order chi connectivity index (χ0) is 20.2. The lowest BCUT2D eigenvalue weighted by atomic mass is 9.80. The summed E-state index contributed by atoms with van der Waals surface area (Å²) in [6, 6.07) is 9.21. The van der Waals surface area contributed by atoms with Crippen molar-refractivity contribution in [2.75, 3.05) is 31.5 Å². The van der Waals surface area contributed by atoms with Gasteiger partial charge in [-0.25, -0.2) is 9.97 Å². The van der Waals surface area contributed by atoms with E-state index in [1.807, 2.05) is 11.8 Å². The molecule has 1 aromatic carbocycles. The number of nitrogens with one attached hydrogen (secondary N) is 3. The smallest absolute Gasteiger partial charge is 0.256 e. The Kier molecular flexibility index (Phi) is 6.06. The summed E-state index contributed by atoms with van der Waals surface area (Å²) < 4.78 is 0. The first kappa shape index (κ1) is 19.8. The molecule has 29 heavy (non-hydrogen) atoms. The van der Waals surface area contributed by atoms with Crippen molar-refractivity contribution in [2.24, 2.45) is 5.92 Å². The van der Waals surface area contributed by atoms with E-state index in [2.05, 4.69) is 57.3 Å². The Balaban J connectivity index is 1.36. The minimum atomic E-state index is 0.0271. The predicted octanol–water partition coefficient (Wildman–Crippen LogP) is 2.33. The lowest BCUT2D eigenvalue weighted by molar-refractivity contribution is 0.0669. The molecule has 7 nitrogen and oxygen atoms in total. The molecule has 0 aliphatic carbocycles. The second-order valence-corrected chi connectivity index (χ2v) is 8.03. The van der Waals surface area contributed by atoms with E-state index in [4.69, 9.17) is 0 Å². The van der Waals surface area contributed by atoms with Crippen LogP contribution in [0.3, 0.4) is 0 Å². The van der Waals surface area contributed by atoms with Crippen LogP contribution in [0.15, 0.2) is 36.7 Å². The Morgan fingerprint density at radius 2 is 2.00 bits per heavy atom. The van der Waals surface area contributed by atoms with Gasteiger partial charge in [0.1, 0.15) is 0 Å². The lowest BCUT2D eigenvalue weighted by Gasteiger charge is -2.36. The number of benzene rings is 1. The normalized spacial score (nSPS) is 22.6. The van der Waals surface area contributed by atoms with Crippen LogP contribution in [0.4, 0.5) is 5.95 Å². The number of aryl methyl sites for hydroxylation is 1. The number of piperidine rings is 1. The third-order valence-electron chi connectivity index (χ3n) is 6.06. The number of nitrogens with zero attached hydrogens (tertiary/aromatic N) is 3. The fourth-order valence-electron chi connectivity index (χ4n) is 4.52. The fourth-order valence-corrected chi connectivity index (χ4v) is 4.52. The maximum Gasteiger partial charge on any atom is 0.256 e. The van der Waals surface area contributed by atoms with Crippen LogP contribution >= 0.6 is 0 Å². The number of carbonyl (C=O) groups excluding carboxylic acids is 1. The molecule has 1 aromatic heterocycles. The van der Waals surface area contributed by atoms with Gasteiger partial charge in [-0.2, -0.15) is 0 Å². The highest BCUT2D eigenvalue weighted by Crippen LogP contribution is 2.33.